The van der Waals surface area contributed by atoms with Crippen molar-refractivity contribution in [2.24, 2.45) is 0 Å². The summed E-state index contributed by atoms with van der Waals surface area (Å²) in [5, 5.41) is 0. The third-order valence-corrected chi connectivity index (χ3v) is 2.50. The quantitative estimate of drug-likeness (QED) is 0.579. The highest BCUT2D eigenvalue weighted by molar-refractivity contribution is 5.97. The Morgan fingerprint density at radius 3 is 2.18 bits per heavy atom. The number of carbonyl (C=O) groups is 1. The van der Waals surface area contributed by atoms with Gasteiger partial charge in [0.1, 0.15) is 5.60 Å². The Kier molecular flexibility index (Phi) is 3.36. The number of carbonyl (C=O) groups excluding carboxylic acids is 1. The molecule has 0 aliphatic heterocycles. The van der Waals surface area contributed by atoms with E-state index < -0.39 is 11.6 Å². The monoisotopic (exact) mass is 236 g/mol. The SMILES string of the molecule is Cc1cc(C(=O)OC(C)(C)C)c(N)c(C)c1N. The molecule has 94 valence electrons. The molecular formula is C13H20N2O2. The lowest BCUT2D eigenvalue weighted by Crippen LogP contribution is -2.24. The second-order valence-electron chi connectivity index (χ2n) is 5.20. The number of anilines is 2. The topological polar surface area (TPSA) is 78.3 Å². The smallest absolute Gasteiger partial charge is 0.340 e. The first-order valence-electron chi connectivity index (χ1n) is 5.52. The highest BCUT2D eigenvalue weighted by atomic mass is 16.6. The number of aryl methyl sites for hydroxylation is 1. The fourth-order valence-electron chi connectivity index (χ4n) is 1.52. The average molecular weight is 236 g/mol. The Morgan fingerprint density at radius 2 is 1.71 bits per heavy atom. The molecule has 0 aliphatic carbocycles. The summed E-state index contributed by atoms with van der Waals surface area (Å²) in [6.07, 6.45) is 0. The summed E-state index contributed by atoms with van der Waals surface area (Å²) in [4.78, 5) is 12.0. The lowest BCUT2D eigenvalue weighted by Gasteiger charge is -2.21. The van der Waals surface area contributed by atoms with Gasteiger partial charge in [-0.3, -0.25) is 0 Å². The molecule has 0 aromatic heterocycles. The zero-order valence-corrected chi connectivity index (χ0v) is 11.0. The number of benzene rings is 1. The maximum atomic E-state index is 12.0. The van der Waals surface area contributed by atoms with Crippen LogP contribution in [0.2, 0.25) is 0 Å². The fourth-order valence-corrected chi connectivity index (χ4v) is 1.52. The lowest BCUT2D eigenvalue weighted by atomic mass is 10.0. The van der Waals surface area contributed by atoms with Gasteiger partial charge in [-0.15, -0.1) is 0 Å². The molecule has 1 rings (SSSR count). The third kappa shape index (κ3) is 2.90. The van der Waals surface area contributed by atoms with Crippen molar-refractivity contribution in [1.29, 1.82) is 0 Å². The zero-order valence-electron chi connectivity index (χ0n) is 11.0. The largest absolute Gasteiger partial charge is 0.456 e. The molecule has 0 fully saturated rings. The summed E-state index contributed by atoms with van der Waals surface area (Å²) in [5.41, 5.74) is 14.2. The van der Waals surface area contributed by atoms with Gasteiger partial charge in [0.15, 0.2) is 0 Å². The zero-order chi connectivity index (χ0) is 13.4. The Balaban J connectivity index is 3.20. The van der Waals surface area contributed by atoms with E-state index in [9.17, 15) is 4.79 Å². The van der Waals surface area contributed by atoms with Crippen molar-refractivity contribution in [2.75, 3.05) is 11.5 Å². The van der Waals surface area contributed by atoms with Crippen LogP contribution in [0, 0.1) is 13.8 Å². The van der Waals surface area contributed by atoms with Crippen molar-refractivity contribution in [3.8, 4) is 0 Å². The van der Waals surface area contributed by atoms with E-state index in [4.69, 9.17) is 16.2 Å². The van der Waals surface area contributed by atoms with Crippen molar-refractivity contribution in [2.45, 2.75) is 40.2 Å². The molecule has 4 heteroatoms. The molecule has 0 aliphatic rings. The molecule has 0 atom stereocenters. The Labute approximate surface area is 102 Å². The van der Waals surface area contributed by atoms with Crippen LogP contribution in [0.3, 0.4) is 0 Å². The predicted octanol–water partition coefficient (Wildman–Crippen LogP) is 2.42. The molecule has 4 nitrogen and oxygen atoms in total. The van der Waals surface area contributed by atoms with Gasteiger partial charge in [-0.2, -0.15) is 0 Å². The van der Waals surface area contributed by atoms with Gasteiger partial charge >= 0.3 is 5.97 Å². The normalized spacial score (nSPS) is 11.4. The van der Waals surface area contributed by atoms with Gasteiger partial charge in [0, 0.05) is 5.69 Å². The van der Waals surface area contributed by atoms with Gasteiger partial charge in [-0.25, -0.2) is 4.79 Å². The highest BCUT2D eigenvalue weighted by Crippen LogP contribution is 2.28. The molecule has 0 radical (unpaired) electrons. The van der Waals surface area contributed by atoms with Crippen LogP contribution in [0.4, 0.5) is 11.4 Å². The molecule has 0 bridgehead atoms. The van der Waals surface area contributed by atoms with Gasteiger partial charge < -0.3 is 16.2 Å². The molecule has 17 heavy (non-hydrogen) atoms. The number of rotatable bonds is 1. The van der Waals surface area contributed by atoms with Crippen LogP contribution in [0.15, 0.2) is 6.07 Å². The van der Waals surface area contributed by atoms with Crippen LogP contribution in [0.25, 0.3) is 0 Å². The van der Waals surface area contributed by atoms with Crippen molar-refractivity contribution in [3.63, 3.8) is 0 Å². The van der Waals surface area contributed by atoms with Crippen molar-refractivity contribution in [3.05, 3.63) is 22.8 Å². The predicted molar refractivity (Wildman–Crippen MR) is 69.9 cm³/mol. The van der Waals surface area contributed by atoms with Gasteiger partial charge in [0.2, 0.25) is 0 Å². The first-order valence-corrected chi connectivity index (χ1v) is 5.52. The van der Waals surface area contributed by atoms with Crippen LogP contribution in [0.5, 0.6) is 0 Å². The van der Waals surface area contributed by atoms with E-state index in [2.05, 4.69) is 0 Å². The second kappa shape index (κ2) is 4.28. The first kappa shape index (κ1) is 13.4. The Bertz CT molecular complexity index is 459. The minimum Gasteiger partial charge on any atom is -0.456 e. The third-order valence-electron chi connectivity index (χ3n) is 2.50. The molecule has 1 aromatic carbocycles. The maximum absolute atomic E-state index is 12.0. The molecule has 0 amide bonds. The lowest BCUT2D eigenvalue weighted by molar-refractivity contribution is 0.00707. The molecular weight excluding hydrogens is 216 g/mol. The van der Waals surface area contributed by atoms with E-state index in [1.165, 1.54) is 0 Å². The van der Waals surface area contributed by atoms with E-state index in [0.29, 0.717) is 16.9 Å². The number of hydrogen-bond acceptors (Lipinski definition) is 4. The van der Waals surface area contributed by atoms with E-state index >= 15 is 0 Å². The molecule has 0 unspecified atom stereocenters. The Hall–Kier alpha value is -1.71. The molecule has 0 saturated heterocycles. The van der Waals surface area contributed by atoms with E-state index in [0.717, 1.165) is 11.1 Å². The fraction of sp³-hybridized carbons (Fsp3) is 0.462. The van der Waals surface area contributed by atoms with Gasteiger partial charge in [-0.1, -0.05) is 0 Å². The number of ether oxygens (including phenoxy) is 1. The summed E-state index contributed by atoms with van der Waals surface area (Å²) in [7, 11) is 0. The number of nitrogens with two attached hydrogens (primary N) is 2. The van der Waals surface area contributed by atoms with Gasteiger partial charge in [0.25, 0.3) is 0 Å². The Morgan fingerprint density at radius 1 is 1.18 bits per heavy atom. The maximum Gasteiger partial charge on any atom is 0.340 e. The van der Waals surface area contributed by atoms with Crippen molar-refractivity contribution in [1.82, 2.24) is 0 Å². The molecule has 1 aromatic rings. The van der Waals surface area contributed by atoms with E-state index in [-0.39, 0.29) is 0 Å². The minimum atomic E-state index is -0.535. The van der Waals surface area contributed by atoms with Gasteiger partial charge in [-0.05, 0) is 51.8 Å². The van der Waals surface area contributed by atoms with Crippen molar-refractivity contribution >= 4 is 17.3 Å². The van der Waals surface area contributed by atoms with Crippen LogP contribution in [-0.2, 0) is 4.74 Å². The van der Waals surface area contributed by atoms with Gasteiger partial charge in [0.05, 0.1) is 11.3 Å². The van der Waals surface area contributed by atoms with Crippen LogP contribution < -0.4 is 11.5 Å². The van der Waals surface area contributed by atoms with E-state index in [1.807, 2.05) is 27.7 Å². The molecule has 0 spiro atoms. The van der Waals surface area contributed by atoms with E-state index in [1.54, 1.807) is 13.0 Å². The standard InChI is InChI=1S/C13H20N2O2/c1-7-6-9(11(15)8(2)10(7)14)12(16)17-13(3,4)5/h6H,14-15H2,1-5H3. The summed E-state index contributed by atoms with van der Waals surface area (Å²) in [5.74, 6) is -0.416. The van der Waals surface area contributed by atoms with Crippen LogP contribution in [0.1, 0.15) is 42.3 Å². The number of esters is 1. The molecule has 4 N–H and O–H groups in total. The molecule has 0 saturated carbocycles. The van der Waals surface area contributed by atoms with Crippen LogP contribution in [-0.4, -0.2) is 11.6 Å². The summed E-state index contributed by atoms with van der Waals surface area (Å²) < 4.78 is 5.29. The number of hydrogen-bond donors (Lipinski definition) is 2. The summed E-state index contributed by atoms with van der Waals surface area (Å²) >= 11 is 0. The minimum absolute atomic E-state index is 0.379. The summed E-state index contributed by atoms with van der Waals surface area (Å²) in [6.45, 7) is 9.09. The molecule has 0 heterocycles. The van der Waals surface area contributed by atoms with Crippen LogP contribution >= 0.6 is 0 Å². The number of nitrogen functional groups attached to an aromatic ring is 2. The first-order chi connectivity index (χ1) is 7.63. The van der Waals surface area contributed by atoms with Crippen molar-refractivity contribution < 1.29 is 9.53 Å². The second-order valence-corrected chi connectivity index (χ2v) is 5.20. The highest BCUT2D eigenvalue weighted by Gasteiger charge is 2.21. The average Bonchev–Trinajstić information content (AvgIpc) is 2.17. The summed E-state index contributed by atoms with van der Waals surface area (Å²) in [6, 6.07) is 1.67.